The molecule has 3 aromatic heterocycles. The summed E-state index contributed by atoms with van der Waals surface area (Å²) in [6.45, 7) is 1.89. The third-order valence-corrected chi connectivity index (χ3v) is 6.00. The molecule has 0 bridgehead atoms. The van der Waals surface area contributed by atoms with Gasteiger partial charge in [-0.15, -0.1) is 0 Å². The molecule has 1 saturated carbocycles. The molecule has 2 fully saturated rings. The van der Waals surface area contributed by atoms with Crippen LogP contribution in [0.25, 0.3) is 0 Å². The number of nitrogens with zero attached hydrogens (tertiary/aromatic N) is 6. The lowest BCUT2D eigenvalue weighted by atomic mass is 10.2. The van der Waals surface area contributed by atoms with Crippen LogP contribution in [-0.4, -0.2) is 39.8 Å². The highest BCUT2D eigenvalue weighted by Crippen LogP contribution is 2.57. The molecule has 156 valence electrons. The van der Waals surface area contributed by atoms with Gasteiger partial charge in [-0.25, -0.2) is 20.2 Å². The molecule has 1 aliphatic carbocycles. The van der Waals surface area contributed by atoms with E-state index in [1.807, 2.05) is 6.07 Å². The van der Waals surface area contributed by atoms with Crippen LogP contribution in [-0.2, 0) is 6.54 Å². The Labute approximate surface area is 176 Å². The second kappa shape index (κ2) is 6.96. The molecule has 5 N–H and O–H groups in total. The summed E-state index contributed by atoms with van der Waals surface area (Å²) in [7, 11) is 1.55. The number of hydrogen-bond acceptors (Lipinski definition) is 9. The molecule has 0 radical (unpaired) electrons. The minimum absolute atomic E-state index is 0.129. The zero-order valence-electron chi connectivity index (χ0n) is 16.2. The van der Waals surface area contributed by atoms with Gasteiger partial charge in [-0.05, 0) is 24.0 Å². The lowest BCUT2D eigenvalue weighted by molar-refractivity contribution is -0.368. The molecule has 2 aliphatic rings. The molecule has 4 heterocycles. The van der Waals surface area contributed by atoms with Crippen molar-refractivity contribution in [2.75, 3.05) is 35.8 Å². The largest absolute Gasteiger partial charge is 0.356 e. The Hall–Kier alpha value is -3.18. The maximum atomic E-state index is 12.6. The number of aromatic amines is 1. The monoisotopic (exact) mass is 430 g/mol. The Morgan fingerprint density at radius 1 is 1.40 bits per heavy atom. The van der Waals surface area contributed by atoms with Crippen LogP contribution in [0.2, 0.25) is 5.02 Å². The summed E-state index contributed by atoms with van der Waals surface area (Å²) in [5.74, 6) is 9.00. The predicted octanol–water partition coefficient (Wildman–Crippen LogP) is -0.116. The first kappa shape index (κ1) is 18.8. The van der Waals surface area contributed by atoms with Gasteiger partial charge in [0.25, 0.3) is 5.89 Å². The molecule has 0 amide bonds. The number of piperidine rings is 1. The Morgan fingerprint density at radius 3 is 2.87 bits per heavy atom. The number of nitrogen functional groups attached to an aromatic ring is 1. The van der Waals surface area contributed by atoms with E-state index in [9.17, 15) is 4.79 Å². The van der Waals surface area contributed by atoms with Gasteiger partial charge in [-0.2, -0.15) is 4.98 Å². The van der Waals surface area contributed by atoms with E-state index in [0.717, 1.165) is 18.9 Å². The van der Waals surface area contributed by atoms with Crippen LogP contribution in [0.15, 0.2) is 34.0 Å². The number of pyridine rings is 1. The van der Waals surface area contributed by atoms with Crippen molar-refractivity contribution < 1.29 is 9.51 Å². The summed E-state index contributed by atoms with van der Waals surface area (Å²) in [5, 5.41) is 6.00. The molecular weight excluding hydrogens is 410 g/mol. The molecule has 12 heteroatoms. The van der Waals surface area contributed by atoms with Crippen LogP contribution in [0.5, 0.6) is 0 Å². The number of fused-ring (bicyclic) bond motifs is 1. The fourth-order valence-electron chi connectivity index (χ4n) is 4.26. The molecule has 3 atom stereocenters. The molecule has 1 aliphatic heterocycles. The van der Waals surface area contributed by atoms with Crippen molar-refractivity contribution in [3.8, 4) is 0 Å². The lowest BCUT2D eigenvalue weighted by Gasteiger charge is -2.20. The minimum Gasteiger partial charge on any atom is -0.356 e. The number of hydrazine groups is 1. The van der Waals surface area contributed by atoms with Gasteiger partial charge in [0.2, 0.25) is 11.5 Å². The molecule has 0 aromatic carbocycles. The van der Waals surface area contributed by atoms with Crippen LogP contribution >= 0.6 is 11.6 Å². The highest BCUT2D eigenvalue weighted by Gasteiger charge is 2.58. The van der Waals surface area contributed by atoms with E-state index in [1.165, 1.54) is 15.9 Å². The molecule has 1 saturated heterocycles. The molecule has 3 aromatic rings. The number of nitrogens with one attached hydrogen (secondary N) is 1. The minimum atomic E-state index is -0.344. The van der Waals surface area contributed by atoms with Gasteiger partial charge in [-0.1, -0.05) is 16.8 Å². The SMILES string of the molecule is CN(N)c1c(N)[nH+]cn(Cc2nc(C3[C@H]4CN(c5cc(Cl)ccn5)C[C@@H]34)no2)c1=O. The second-order valence-corrected chi connectivity index (χ2v) is 8.15. The summed E-state index contributed by atoms with van der Waals surface area (Å²) in [4.78, 5) is 26.5. The quantitative estimate of drug-likeness (QED) is 0.417. The predicted molar refractivity (Wildman–Crippen MR) is 109 cm³/mol. The van der Waals surface area contributed by atoms with E-state index in [4.69, 9.17) is 27.7 Å². The van der Waals surface area contributed by atoms with E-state index < -0.39 is 0 Å². The number of H-pyrrole nitrogens is 1. The van der Waals surface area contributed by atoms with Gasteiger partial charge in [0.05, 0.1) is 0 Å². The molecular formula is C18H21ClN9O2+. The van der Waals surface area contributed by atoms with Gasteiger partial charge in [0, 0.05) is 37.3 Å². The maximum absolute atomic E-state index is 12.6. The van der Waals surface area contributed by atoms with Crippen LogP contribution in [0, 0.1) is 11.8 Å². The van der Waals surface area contributed by atoms with Crippen molar-refractivity contribution in [2.24, 2.45) is 17.7 Å². The normalized spacial score (nSPS) is 22.2. The summed E-state index contributed by atoms with van der Waals surface area (Å²) >= 11 is 6.07. The third-order valence-electron chi connectivity index (χ3n) is 5.76. The number of anilines is 3. The number of rotatable bonds is 5. The second-order valence-electron chi connectivity index (χ2n) is 7.72. The molecule has 11 nitrogen and oxygen atoms in total. The van der Waals surface area contributed by atoms with Crippen LogP contribution in [0.1, 0.15) is 17.6 Å². The van der Waals surface area contributed by atoms with Crippen molar-refractivity contribution in [3.05, 3.63) is 51.7 Å². The fourth-order valence-corrected chi connectivity index (χ4v) is 4.41. The van der Waals surface area contributed by atoms with E-state index in [-0.39, 0.29) is 29.5 Å². The highest BCUT2D eigenvalue weighted by atomic mass is 35.5. The Balaban J connectivity index is 1.27. The number of aromatic nitrogens is 5. The standard InChI is InChI=1S/C18H20ClN9O2/c1-26(21)15-16(20)23-8-28(18(15)29)7-13-24-17(25-30-13)14-10-5-27(6-11(10)14)12-4-9(19)2-3-22-12/h2-4,8,10-11,14H,5-7,20-21H2,1H3/p+1/t10-,11+,14?. The molecule has 0 spiro atoms. The van der Waals surface area contributed by atoms with Gasteiger partial charge in [0.1, 0.15) is 5.82 Å². The van der Waals surface area contributed by atoms with Crippen LogP contribution < -0.4 is 32.0 Å². The average molecular weight is 431 g/mol. The van der Waals surface area contributed by atoms with E-state index in [2.05, 4.69) is 25.0 Å². The zero-order valence-corrected chi connectivity index (χ0v) is 17.0. The average Bonchev–Trinajstić information content (AvgIpc) is 3.06. The van der Waals surface area contributed by atoms with Crippen LogP contribution in [0.3, 0.4) is 0 Å². The van der Waals surface area contributed by atoms with Crippen molar-refractivity contribution in [1.82, 2.24) is 19.7 Å². The summed E-state index contributed by atoms with van der Waals surface area (Å²) in [5.41, 5.74) is 5.62. The van der Waals surface area contributed by atoms with Gasteiger partial charge < -0.3 is 20.2 Å². The van der Waals surface area contributed by atoms with Gasteiger partial charge >= 0.3 is 5.56 Å². The van der Waals surface area contributed by atoms with Crippen molar-refractivity contribution in [2.45, 2.75) is 12.5 Å². The maximum Gasteiger partial charge on any atom is 0.338 e. The van der Waals surface area contributed by atoms with Crippen molar-refractivity contribution in [3.63, 3.8) is 0 Å². The molecule has 1 unspecified atom stereocenters. The van der Waals surface area contributed by atoms with Gasteiger partial charge in [-0.3, -0.25) is 4.98 Å². The van der Waals surface area contributed by atoms with Crippen LogP contribution in [0.4, 0.5) is 17.3 Å². The number of halogens is 1. The highest BCUT2D eigenvalue weighted by molar-refractivity contribution is 6.30. The third kappa shape index (κ3) is 3.15. The summed E-state index contributed by atoms with van der Waals surface area (Å²) < 4.78 is 6.79. The number of nitrogens with two attached hydrogens (primary N) is 2. The fraction of sp³-hybridized carbons (Fsp3) is 0.389. The molecule has 30 heavy (non-hydrogen) atoms. The van der Waals surface area contributed by atoms with E-state index >= 15 is 0 Å². The smallest absolute Gasteiger partial charge is 0.338 e. The van der Waals surface area contributed by atoms with Gasteiger partial charge in [0.15, 0.2) is 18.7 Å². The summed E-state index contributed by atoms with van der Waals surface area (Å²) in [6, 6.07) is 3.65. The summed E-state index contributed by atoms with van der Waals surface area (Å²) in [6.07, 6.45) is 3.19. The Kier molecular flexibility index (Phi) is 4.36. The zero-order chi connectivity index (χ0) is 21.0. The van der Waals surface area contributed by atoms with E-state index in [1.54, 1.807) is 19.3 Å². The topological polar surface area (TPSA) is 146 Å². The first-order valence-electron chi connectivity index (χ1n) is 9.50. The number of hydrogen-bond donors (Lipinski definition) is 2. The lowest BCUT2D eigenvalue weighted by Crippen LogP contribution is -2.38. The van der Waals surface area contributed by atoms with Crippen molar-refractivity contribution >= 4 is 28.9 Å². The first-order chi connectivity index (χ1) is 14.4. The first-order valence-corrected chi connectivity index (χ1v) is 9.88. The van der Waals surface area contributed by atoms with E-state index in [0.29, 0.717) is 28.6 Å². The molecule has 5 rings (SSSR count). The van der Waals surface area contributed by atoms with Crippen molar-refractivity contribution in [1.29, 1.82) is 0 Å². The Bertz CT molecular complexity index is 1150. The Morgan fingerprint density at radius 2 is 2.17 bits per heavy atom.